The van der Waals surface area contributed by atoms with Crippen LogP contribution in [0, 0.1) is 24.5 Å². The lowest BCUT2D eigenvalue weighted by molar-refractivity contribution is 0.0959. The maximum absolute atomic E-state index is 12.8. The van der Waals surface area contributed by atoms with Gasteiger partial charge < -0.3 is 5.32 Å². The average Bonchev–Trinajstić information content (AvgIpc) is 2.12. The minimum absolute atomic E-state index is 0.602. The number of hydrogen-bond donors (Lipinski definition) is 1. The number of rotatable bonds is 1. The van der Waals surface area contributed by atoms with Gasteiger partial charge in [0.1, 0.15) is 11.4 Å². The summed E-state index contributed by atoms with van der Waals surface area (Å²) in [6.45, 7) is 0. The first-order valence-corrected chi connectivity index (χ1v) is 3.29. The van der Waals surface area contributed by atoms with Gasteiger partial charge in [-0.1, -0.05) is 0 Å². The van der Waals surface area contributed by atoms with Crippen LogP contribution in [0.3, 0.4) is 0 Å². The molecule has 5 heteroatoms. The number of carbonyl (C=O) groups excluding carboxylic acids is 1. The Labute approximate surface area is 72.4 Å². The van der Waals surface area contributed by atoms with Crippen molar-refractivity contribution in [1.82, 2.24) is 5.32 Å². The highest BCUT2D eigenvalue weighted by Crippen LogP contribution is 2.15. The van der Waals surface area contributed by atoms with E-state index < -0.39 is 28.9 Å². The van der Waals surface area contributed by atoms with Gasteiger partial charge in [-0.25, -0.2) is 13.2 Å². The topological polar surface area (TPSA) is 29.1 Å². The van der Waals surface area contributed by atoms with E-state index in [1.54, 1.807) is 5.32 Å². The van der Waals surface area contributed by atoms with Gasteiger partial charge in [-0.05, 0) is 12.1 Å². The standard InChI is InChI=1S/C8H5F3NO/c1-12-8(13)6-4(9)2-3-5(10)7(6)11/h2-3H,1H2,(H,12,13). The highest BCUT2D eigenvalue weighted by molar-refractivity contribution is 5.94. The van der Waals surface area contributed by atoms with Crippen LogP contribution in [0.1, 0.15) is 10.4 Å². The summed E-state index contributed by atoms with van der Waals surface area (Å²) >= 11 is 0. The maximum Gasteiger partial charge on any atom is 0.257 e. The molecule has 0 aliphatic rings. The van der Waals surface area contributed by atoms with E-state index in [4.69, 9.17) is 0 Å². The largest absolute Gasteiger partial charge is 0.350 e. The average molecular weight is 188 g/mol. The van der Waals surface area contributed by atoms with E-state index in [1.807, 2.05) is 0 Å². The zero-order valence-electron chi connectivity index (χ0n) is 6.40. The van der Waals surface area contributed by atoms with Gasteiger partial charge in [0, 0.05) is 7.05 Å². The van der Waals surface area contributed by atoms with Crippen LogP contribution in [0.2, 0.25) is 0 Å². The molecule has 1 N–H and O–H groups in total. The van der Waals surface area contributed by atoms with E-state index in [2.05, 4.69) is 7.05 Å². The van der Waals surface area contributed by atoms with Crippen LogP contribution in [-0.4, -0.2) is 5.91 Å². The normalized spacial score (nSPS) is 9.85. The van der Waals surface area contributed by atoms with E-state index in [0.717, 1.165) is 0 Å². The molecule has 0 heterocycles. The van der Waals surface area contributed by atoms with Gasteiger partial charge in [0.2, 0.25) is 0 Å². The van der Waals surface area contributed by atoms with Gasteiger partial charge in [0.05, 0.1) is 0 Å². The molecule has 0 aliphatic heterocycles. The van der Waals surface area contributed by atoms with Crippen molar-refractivity contribution in [1.29, 1.82) is 0 Å². The molecule has 13 heavy (non-hydrogen) atoms. The summed E-state index contributed by atoms with van der Waals surface area (Å²) in [6, 6.07) is 1.27. The van der Waals surface area contributed by atoms with E-state index in [0.29, 0.717) is 12.1 Å². The third kappa shape index (κ3) is 1.63. The second kappa shape index (κ2) is 3.47. The molecule has 69 valence electrons. The smallest absolute Gasteiger partial charge is 0.257 e. The molecule has 0 aromatic heterocycles. The molecule has 1 rings (SSSR count). The number of nitrogens with one attached hydrogen (secondary N) is 1. The summed E-state index contributed by atoms with van der Waals surface area (Å²) in [4.78, 5) is 10.8. The lowest BCUT2D eigenvalue weighted by atomic mass is 10.2. The molecule has 0 aliphatic carbocycles. The van der Waals surface area contributed by atoms with Crippen LogP contribution in [0.25, 0.3) is 0 Å². The maximum atomic E-state index is 12.8. The van der Waals surface area contributed by atoms with Crippen molar-refractivity contribution in [2.24, 2.45) is 0 Å². The van der Waals surface area contributed by atoms with Gasteiger partial charge in [0.25, 0.3) is 5.91 Å². The second-order valence-corrected chi connectivity index (χ2v) is 2.22. The first-order valence-electron chi connectivity index (χ1n) is 3.29. The fourth-order valence-corrected chi connectivity index (χ4v) is 0.824. The molecular weight excluding hydrogens is 183 g/mol. The number of halogens is 3. The fraction of sp³-hybridized carbons (Fsp3) is 0. The highest BCUT2D eigenvalue weighted by Gasteiger charge is 2.19. The third-order valence-electron chi connectivity index (χ3n) is 1.43. The van der Waals surface area contributed by atoms with E-state index >= 15 is 0 Å². The predicted octanol–water partition coefficient (Wildman–Crippen LogP) is 1.63. The molecule has 1 amide bonds. The minimum atomic E-state index is -1.51. The lowest BCUT2D eigenvalue weighted by Gasteiger charge is -2.02. The van der Waals surface area contributed by atoms with Crippen LogP contribution in [-0.2, 0) is 0 Å². The van der Waals surface area contributed by atoms with Gasteiger partial charge in [-0.3, -0.25) is 4.79 Å². The Kier molecular flexibility index (Phi) is 2.55. The van der Waals surface area contributed by atoms with Crippen molar-refractivity contribution in [2.75, 3.05) is 0 Å². The monoisotopic (exact) mass is 188 g/mol. The van der Waals surface area contributed by atoms with Crippen molar-refractivity contribution in [3.8, 4) is 0 Å². The van der Waals surface area contributed by atoms with Gasteiger partial charge in [0.15, 0.2) is 11.6 Å². The molecular formula is C8H5F3NO. The van der Waals surface area contributed by atoms with Crippen LogP contribution < -0.4 is 5.32 Å². The molecule has 1 aromatic rings. The number of amides is 1. The molecule has 0 bridgehead atoms. The molecule has 1 radical (unpaired) electrons. The van der Waals surface area contributed by atoms with Crippen molar-refractivity contribution in [3.63, 3.8) is 0 Å². The molecule has 0 fully saturated rings. The van der Waals surface area contributed by atoms with Crippen LogP contribution in [0.15, 0.2) is 12.1 Å². The zero-order chi connectivity index (χ0) is 10.0. The predicted molar refractivity (Wildman–Crippen MR) is 39.1 cm³/mol. The first kappa shape index (κ1) is 9.57. The van der Waals surface area contributed by atoms with Crippen LogP contribution in [0.4, 0.5) is 13.2 Å². The van der Waals surface area contributed by atoms with Gasteiger partial charge in [-0.15, -0.1) is 0 Å². The Bertz CT molecular complexity index is 351. The molecule has 0 saturated heterocycles. The van der Waals surface area contributed by atoms with Gasteiger partial charge >= 0.3 is 0 Å². The highest BCUT2D eigenvalue weighted by atomic mass is 19.2. The third-order valence-corrected chi connectivity index (χ3v) is 1.43. The van der Waals surface area contributed by atoms with E-state index in [1.165, 1.54) is 0 Å². The minimum Gasteiger partial charge on any atom is -0.350 e. The Morgan fingerprint density at radius 3 is 2.31 bits per heavy atom. The Morgan fingerprint density at radius 2 is 1.77 bits per heavy atom. The van der Waals surface area contributed by atoms with Crippen molar-refractivity contribution in [2.45, 2.75) is 0 Å². The van der Waals surface area contributed by atoms with Crippen molar-refractivity contribution < 1.29 is 18.0 Å². The molecule has 0 unspecified atom stereocenters. The summed E-state index contributed by atoms with van der Waals surface area (Å²) in [6.07, 6.45) is 0. The molecule has 0 atom stereocenters. The van der Waals surface area contributed by atoms with Crippen molar-refractivity contribution >= 4 is 5.91 Å². The summed E-state index contributed by atoms with van der Waals surface area (Å²) in [7, 11) is 2.92. The molecule has 2 nitrogen and oxygen atoms in total. The number of hydrogen-bond acceptors (Lipinski definition) is 1. The van der Waals surface area contributed by atoms with Crippen molar-refractivity contribution in [3.05, 3.63) is 42.2 Å². The van der Waals surface area contributed by atoms with Gasteiger partial charge in [-0.2, -0.15) is 0 Å². The molecule has 0 saturated carbocycles. The Morgan fingerprint density at radius 1 is 1.23 bits per heavy atom. The number of carbonyl (C=O) groups is 1. The number of benzene rings is 1. The first-order chi connectivity index (χ1) is 6.07. The Balaban J connectivity index is 3.33. The van der Waals surface area contributed by atoms with E-state index in [9.17, 15) is 18.0 Å². The summed E-state index contributed by atoms with van der Waals surface area (Å²) in [5.74, 6) is -5.02. The fourth-order valence-electron chi connectivity index (χ4n) is 0.824. The quantitative estimate of drug-likeness (QED) is 0.666. The summed E-state index contributed by atoms with van der Waals surface area (Å²) in [5.41, 5.74) is -0.963. The zero-order valence-corrected chi connectivity index (χ0v) is 6.40. The summed E-state index contributed by atoms with van der Waals surface area (Å²) in [5, 5.41) is 1.75. The Hall–Kier alpha value is -1.52. The van der Waals surface area contributed by atoms with Crippen LogP contribution >= 0.6 is 0 Å². The molecule has 0 spiro atoms. The van der Waals surface area contributed by atoms with E-state index in [-0.39, 0.29) is 0 Å². The molecule has 1 aromatic carbocycles. The summed E-state index contributed by atoms with van der Waals surface area (Å²) < 4.78 is 38.1. The lowest BCUT2D eigenvalue weighted by Crippen LogP contribution is -2.19. The second-order valence-electron chi connectivity index (χ2n) is 2.22. The van der Waals surface area contributed by atoms with Crippen LogP contribution in [0.5, 0.6) is 0 Å². The SMILES string of the molecule is [CH2]NC(=O)c1c(F)ccc(F)c1F.